The number of aryl methyl sites for hydroxylation is 2. The standard InChI is InChI=1S/C14H20N2OS2/c1-7-8(2)19-11-10(7)12(17)16(13(18)15-11)9(3)14(4,5)6/h9H,1-6H3,(H,15,18). The van der Waals surface area contributed by atoms with Crippen LogP contribution in [0.3, 0.4) is 0 Å². The molecule has 104 valence electrons. The van der Waals surface area contributed by atoms with Crippen molar-refractivity contribution in [3.63, 3.8) is 0 Å². The molecule has 0 aromatic carbocycles. The van der Waals surface area contributed by atoms with Crippen LogP contribution >= 0.6 is 23.6 Å². The third kappa shape index (κ3) is 2.30. The summed E-state index contributed by atoms with van der Waals surface area (Å²) in [5.74, 6) is 0. The molecule has 0 amide bonds. The smallest absolute Gasteiger partial charge is 0.263 e. The zero-order valence-corrected chi connectivity index (χ0v) is 13.9. The summed E-state index contributed by atoms with van der Waals surface area (Å²) in [6.45, 7) is 12.4. The molecule has 1 atom stereocenters. The topological polar surface area (TPSA) is 37.8 Å². The lowest BCUT2D eigenvalue weighted by Crippen LogP contribution is -2.32. The van der Waals surface area contributed by atoms with Gasteiger partial charge in [0.05, 0.1) is 5.39 Å². The van der Waals surface area contributed by atoms with E-state index in [2.05, 4.69) is 25.8 Å². The molecular weight excluding hydrogens is 276 g/mol. The maximum Gasteiger partial charge on any atom is 0.263 e. The molecule has 2 heterocycles. The molecule has 1 N–H and O–H groups in total. The second kappa shape index (κ2) is 4.56. The van der Waals surface area contributed by atoms with Crippen molar-refractivity contribution in [1.82, 2.24) is 9.55 Å². The van der Waals surface area contributed by atoms with Crippen molar-refractivity contribution in [2.45, 2.75) is 47.6 Å². The van der Waals surface area contributed by atoms with Crippen LogP contribution in [0.2, 0.25) is 0 Å². The predicted octanol–water partition coefficient (Wildman–Crippen LogP) is 4.34. The molecule has 0 fully saturated rings. The third-order valence-electron chi connectivity index (χ3n) is 3.90. The van der Waals surface area contributed by atoms with Gasteiger partial charge in [0, 0.05) is 10.9 Å². The van der Waals surface area contributed by atoms with Crippen LogP contribution in [0.15, 0.2) is 4.79 Å². The van der Waals surface area contributed by atoms with Gasteiger partial charge in [-0.15, -0.1) is 11.3 Å². The van der Waals surface area contributed by atoms with Crippen LogP contribution in [-0.4, -0.2) is 9.55 Å². The molecule has 0 spiro atoms. The molecule has 19 heavy (non-hydrogen) atoms. The molecule has 2 aromatic rings. The van der Waals surface area contributed by atoms with Crippen molar-refractivity contribution in [2.75, 3.05) is 0 Å². The van der Waals surface area contributed by atoms with Crippen molar-refractivity contribution in [1.29, 1.82) is 0 Å². The Labute approximate surface area is 122 Å². The summed E-state index contributed by atoms with van der Waals surface area (Å²) in [6, 6.07) is 0.0488. The van der Waals surface area contributed by atoms with Crippen LogP contribution in [0.4, 0.5) is 0 Å². The van der Waals surface area contributed by atoms with Gasteiger partial charge in [-0.25, -0.2) is 0 Å². The first-order chi connectivity index (χ1) is 8.64. The highest BCUT2D eigenvalue weighted by molar-refractivity contribution is 7.71. The number of nitrogens with zero attached hydrogens (tertiary/aromatic N) is 1. The predicted molar refractivity (Wildman–Crippen MR) is 84.9 cm³/mol. The van der Waals surface area contributed by atoms with E-state index in [-0.39, 0.29) is 17.0 Å². The number of rotatable bonds is 1. The van der Waals surface area contributed by atoms with E-state index in [4.69, 9.17) is 12.2 Å². The molecule has 0 aliphatic carbocycles. The number of nitrogens with one attached hydrogen (secondary N) is 1. The van der Waals surface area contributed by atoms with Gasteiger partial charge in [0.25, 0.3) is 5.56 Å². The normalized spacial score (nSPS) is 14.0. The average Bonchev–Trinajstić information content (AvgIpc) is 2.53. The Morgan fingerprint density at radius 3 is 2.42 bits per heavy atom. The average molecular weight is 296 g/mol. The fraction of sp³-hybridized carbons (Fsp3) is 0.571. The molecule has 0 radical (unpaired) electrons. The fourth-order valence-electron chi connectivity index (χ4n) is 2.08. The van der Waals surface area contributed by atoms with E-state index >= 15 is 0 Å². The van der Waals surface area contributed by atoms with Crippen molar-refractivity contribution >= 4 is 33.8 Å². The number of aromatic amines is 1. The SMILES string of the molecule is Cc1sc2[nH]c(=S)n(C(C)C(C)(C)C)c(=O)c2c1C. The monoisotopic (exact) mass is 296 g/mol. The zero-order valence-electron chi connectivity index (χ0n) is 12.2. The van der Waals surface area contributed by atoms with Crippen LogP contribution < -0.4 is 5.56 Å². The van der Waals surface area contributed by atoms with Gasteiger partial charge in [-0.2, -0.15) is 0 Å². The summed E-state index contributed by atoms with van der Waals surface area (Å²) < 4.78 is 2.23. The van der Waals surface area contributed by atoms with Crippen molar-refractivity contribution in [3.05, 3.63) is 25.6 Å². The molecule has 1 unspecified atom stereocenters. The maximum absolute atomic E-state index is 12.8. The van der Waals surface area contributed by atoms with E-state index in [0.29, 0.717) is 4.77 Å². The van der Waals surface area contributed by atoms with Gasteiger partial charge in [0.2, 0.25) is 0 Å². The highest BCUT2D eigenvalue weighted by atomic mass is 32.1. The van der Waals surface area contributed by atoms with Gasteiger partial charge >= 0.3 is 0 Å². The Morgan fingerprint density at radius 1 is 1.32 bits per heavy atom. The van der Waals surface area contributed by atoms with Gasteiger partial charge in [0.15, 0.2) is 4.77 Å². The Balaban J connectivity index is 2.87. The van der Waals surface area contributed by atoms with Gasteiger partial charge in [-0.05, 0) is 44.0 Å². The highest BCUT2D eigenvalue weighted by Gasteiger charge is 2.25. The molecule has 0 aliphatic heterocycles. The van der Waals surface area contributed by atoms with Crippen molar-refractivity contribution < 1.29 is 0 Å². The van der Waals surface area contributed by atoms with Gasteiger partial charge in [-0.3, -0.25) is 9.36 Å². The van der Waals surface area contributed by atoms with Crippen LogP contribution in [0.1, 0.15) is 44.2 Å². The number of H-pyrrole nitrogens is 1. The molecule has 2 aromatic heterocycles. The molecule has 0 saturated heterocycles. The molecule has 2 rings (SSSR count). The zero-order chi connectivity index (χ0) is 14.5. The Kier molecular flexibility index (Phi) is 3.47. The molecular formula is C14H20N2OS2. The molecule has 0 bridgehead atoms. The van der Waals surface area contributed by atoms with Crippen molar-refractivity contribution in [3.8, 4) is 0 Å². The maximum atomic E-state index is 12.8. The second-order valence-electron chi connectivity index (χ2n) is 6.13. The molecule has 0 saturated carbocycles. The lowest BCUT2D eigenvalue weighted by molar-refractivity contribution is 0.254. The molecule has 0 aliphatic rings. The van der Waals surface area contributed by atoms with Crippen LogP contribution in [0.25, 0.3) is 10.2 Å². The number of fused-ring (bicyclic) bond motifs is 1. The van der Waals surface area contributed by atoms with E-state index in [1.807, 2.05) is 20.8 Å². The van der Waals surface area contributed by atoms with E-state index in [1.54, 1.807) is 15.9 Å². The molecule has 5 heteroatoms. The Bertz CT molecular complexity index is 744. The van der Waals surface area contributed by atoms with Crippen LogP contribution in [0, 0.1) is 24.0 Å². The largest absolute Gasteiger partial charge is 0.323 e. The summed E-state index contributed by atoms with van der Waals surface area (Å²) >= 11 is 6.98. The lowest BCUT2D eigenvalue weighted by Gasteiger charge is -2.29. The number of thiophene rings is 1. The van der Waals surface area contributed by atoms with E-state index < -0.39 is 0 Å². The quantitative estimate of drug-likeness (QED) is 0.795. The van der Waals surface area contributed by atoms with E-state index in [1.165, 1.54) is 4.88 Å². The minimum Gasteiger partial charge on any atom is -0.323 e. The number of aromatic nitrogens is 2. The van der Waals surface area contributed by atoms with Crippen molar-refractivity contribution in [2.24, 2.45) is 5.41 Å². The minimum atomic E-state index is -0.0160. The van der Waals surface area contributed by atoms with E-state index in [9.17, 15) is 4.79 Å². The highest BCUT2D eigenvalue weighted by Crippen LogP contribution is 2.31. The Hall–Kier alpha value is -0.940. The van der Waals surface area contributed by atoms with E-state index in [0.717, 1.165) is 15.8 Å². The first kappa shape index (κ1) is 14.5. The fourth-order valence-corrected chi connectivity index (χ4v) is 3.54. The summed E-state index contributed by atoms with van der Waals surface area (Å²) in [4.78, 5) is 18.0. The number of hydrogen-bond acceptors (Lipinski definition) is 3. The summed E-state index contributed by atoms with van der Waals surface area (Å²) in [5.41, 5.74) is 1.08. The molecule has 3 nitrogen and oxygen atoms in total. The first-order valence-corrected chi connectivity index (χ1v) is 7.61. The van der Waals surface area contributed by atoms with Gasteiger partial charge in [0.1, 0.15) is 4.83 Å². The minimum absolute atomic E-state index is 0.0160. The Morgan fingerprint density at radius 2 is 1.89 bits per heavy atom. The van der Waals surface area contributed by atoms with Gasteiger partial charge < -0.3 is 4.98 Å². The number of hydrogen-bond donors (Lipinski definition) is 1. The summed E-state index contributed by atoms with van der Waals surface area (Å²) in [6.07, 6.45) is 0. The second-order valence-corrected chi connectivity index (χ2v) is 7.75. The first-order valence-electron chi connectivity index (χ1n) is 6.39. The van der Waals surface area contributed by atoms with Gasteiger partial charge in [-0.1, -0.05) is 20.8 Å². The lowest BCUT2D eigenvalue weighted by atomic mass is 9.88. The van der Waals surface area contributed by atoms with Crippen LogP contribution in [-0.2, 0) is 0 Å². The third-order valence-corrected chi connectivity index (χ3v) is 5.32. The summed E-state index contributed by atoms with van der Waals surface area (Å²) in [5, 5.41) is 0.784. The van der Waals surface area contributed by atoms with Crippen LogP contribution in [0.5, 0.6) is 0 Å². The summed E-state index contributed by atoms with van der Waals surface area (Å²) in [7, 11) is 0.